The van der Waals surface area contributed by atoms with Crippen molar-refractivity contribution in [2.45, 2.75) is 105 Å². The van der Waals surface area contributed by atoms with E-state index in [0.29, 0.717) is 75.1 Å². The lowest BCUT2D eigenvalue weighted by Crippen LogP contribution is -2.51. The molecule has 1 N–H and O–H groups in total. The molecule has 5 amide bonds. The van der Waals surface area contributed by atoms with Crippen LogP contribution in [0.5, 0.6) is 0 Å². The second kappa shape index (κ2) is 24.0. The van der Waals surface area contributed by atoms with Gasteiger partial charge in [-0.05, 0) is 92.5 Å². The first-order valence-corrected chi connectivity index (χ1v) is 24.0. The number of hydrogen-bond donors (Lipinski definition) is 1. The van der Waals surface area contributed by atoms with Gasteiger partial charge < -0.3 is 43.5 Å². The molecule has 0 bridgehead atoms. The van der Waals surface area contributed by atoms with Gasteiger partial charge in [0.2, 0.25) is 5.91 Å². The van der Waals surface area contributed by atoms with Crippen LogP contribution in [0.2, 0.25) is 0 Å². The average Bonchev–Trinajstić information content (AvgIpc) is 3.50. The number of rotatable bonds is 11. The Labute approximate surface area is 395 Å². The third-order valence-electron chi connectivity index (χ3n) is 13.9. The molecule has 2 aromatic carbocycles. The van der Waals surface area contributed by atoms with E-state index in [1.165, 1.54) is 4.57 Å². The maximum atomic E-state index is 13.8. The molecule has 67 heavy (non-hydrogen) atoms. The van der Waals surface area contributed by atoms with E-state index in [-0.39, 0.29) is 56.5 Å². The number of aryl methyl sites for hydroxylation is 2. The number of nitrogens with one attached hydrogen (secondary N) is 1. The Balaban J connectivity index is 0.000000272. The monoisotopic (exact) mass is 932 g/mol. The van der Waals surface area contributed by atoms with Gasteiger partial charge in [-0.3, -0.25) is 23.9 Å². The molecule has 4 saturated heterocycles. The molecule has 17 nitrogen and oxygen atoms in total. The van der Waals surface area contributed by atoms with Crippen molar-refractivity contribution in [3.8, 4) is 0 Å². The topological polar surface area (TPSA) is 176 Å². The number of morpholine rings is 1. The number of para-hydroxylation sites is 1. The predicted molar refractivity (Wildman–Crippen MR) is 255 cm³/mol. The van der Waals surface area contributed by atoms with Crippen LogP contribution in [0, 0.1) is 18.8 Å². The summed E-state index contributed by atoms with van der Waals surface area (Å²) in [5.41, 5.74) is 4.72. The SMILES string of the molecule is C.CC1CCN(C(=O)CCC(=O)OCCN2CCOCC2)CC1.Cc1cc(C[C@@H](OC(=O)N2CCC(N3CCc4ccccc4NC3=O)CC2)C(=O)N2CCC(C)CC2)cc2oc(=O)n(C)c12. The lowest BCUT2D eigenvalue weighted by molar-refractivity contribution is -0.147. The summed E-state index contributed by atoms with van der Waals surface area (Å²) in [5, 5.41) is 3.03. The Morgan fingerprint density at radius 3 is 2.13 bits per heavy atom. The molecule has 1 atom stereocenters. The molecule has 368 valence electrons. The number of piperidine rings is 3. The summed E-state index contributed by atoms with van der Waals surface area (Å²) in [6.07, 6.45) is 5.09. The Bertz CT molecular complexity index is 2210. The first kappa shape index (κ1) is 51.0. The van der Waals surface area contributed by atoms with Crippen LogP contribution < -0.4 is 11.1 Å². The molecule has 3 aromatic rings. The van der Waals surface area contributed by atoms with Crippen molar-refractivity contribution in [3.05, 3.63) is 63.6 Å². The molecular weight excluding hydrogens is 859 g/mol. The van der Waals surface area contributed by atoms with Crippen LogP contribution in [0.15, 0.2) is 45.6 Å². The van der Waals surface area contributed by atoms with Gasteiger partial charge in [0.1, 0.15) is 6.61 Å². The van der Waals surface area contributed by atoms with E-state index in [4.69, 9.17) is 18.6 Å². The second-order valence-electron chi connectivity index (χ2n) is 18.8. The summed E-state index contributed by atoms with van der Waals surface area (Å²) in [4.78, 5) is 85.5. The van der Waals surface area contributed by atoms with E-state index >= 15 is 0 Å². The van der Waals surface area contributed by atoms with E-state index in [1.807, 2.05) is 47.1 Å². The maximum Gasteiger partial charge on any atom is 0.419 e. The Morgan fingerprint density at radius 1 is 0.806 bits per heavy atom. The fourth-order valence-electron chi connectivity index (χ4n) is 9.63. The fraction of sp³-hybridized carbons (Fsp3) is 0.640. The molecule has 8 rings (SSSR count). The molecule has 5 aliphatic rings. The summed E-state index contributed by atoms with van der Waals surface area (Å²) in [6.45, 7) is 15.1. The molecule has 4 fully saturated rings. The Kier molecular flexibility index (Phi) is 18.3. The highest BCUT2D eigenvalue weighted by molar-refractivity contribution is 5.91. The number of carbonyl (C=O) groups excluding carboxylic acids is 5. The third kappa shape index (κ3) is 13.6. The van der Waals surface area contributed by atoms with Crippen LogP contribution in [0.4, 0.5) is 15.3 Å². The summed E-state index contributed by atoms with van der Waals surface area (Å²) >= 11 is 0. The van der Waals surface area contributed by atoms with Crippen LogP contribution >= 0.6 is 0 Å². The lowest BCUT2D eigenvalue weighted by atomic mass is 9.98. The summed E-state index contributed by atoms with van der Waals surface area (Å²) in [5.74, 6) is 0.409. The number of nitrogens with zero attached hydrogens (tertiary/aromatic N) is 6. The van der Waals surface area contributed by atoms with Gasteiger partial charge >= 0.3 is 23.8 Å². The first-order chi connectivity index (χ1) is 31.8. The quantitative estimate of drug-likeness (QED) is 0.229. The van der Waals surface area contributed by atoms with Crippen molar-refractivity contribution in [2.75, 3.05) is 90.6 Å². The molecule has 1 aromatic heterocycles. The highest BCUT2D eigenvalue weighted by Crippen LogP contribution is 2.27. The van der Waals surface area contributed by atoms with Gasteiger partial charge in [-0.25, -0.2) is 14.4 Å². The number of benzene rings is 2. The minimum absolute atomic E-state index is 0. The van der Waals surface area contributed by atoms with Crippen molar-refractivity contribution in [3.63, 3.8) is 0 Å². The van der Waals surface area contributed by atoms with Crippen LogP contribution in [-0.4, -0.2) is 156 Å². The standard InChI is InChI=1S/C33H41N5O6.C16H28N2O4.CH4/c1-21-8-13-36(14-9-21)30(39)28(20-23-18-22(2)29-27(19-23)43-32(41)35(29)3)44-33(42)37-15-11-25(12-16-37)38-17-10-24-6-4-5-7-26(24)34-31(38)40;1-14-4-6-18(7-5-14)15(19)2-3-16(20)22-13-10-17-8-11-21-12-9-17;/h4-7,18-19,21,25,28H,8-17,20H2,1-3H3,(H,34,40);14H,2-13H2,1H3;1H4/t28-;;/m1../s1. The van der Waals surface area contributed by atoms with Gasteiger partial charge in [-0.2, -0.15) is 0 Å². The molecule has 0 radical (unpaired) electrons. The average molecular weight is 932 g/mol. The van der Waals surface area contributed by atoms with E-state index in [9.17, 15) is 28.8 Å². The number of fused-ring (bicyclic) bond motifs is 2. The van der Waals surface area contributed by atoms with E-state index in [2.05, 4.69) is 24.1 Å². The van der Waals surface area contributed by atoms with Crippen molar-refractivity contribution in [1.29, 1.82) is 0 Å². The Hall–Kier alpha value is -5.42. The zero-order valence-electron chi connectivity index (χ0n) is 39.3. The van der Waals surface area contributed by atoms with Gasteiger partial charge in [0, 0.05) is 97.1 Å². The fourth-order valence-corrected chi connectivity index (χ4v) is 9.63. The number of esters is 1. The van der Waals surface area contributed by atoms with Crippen molar-refractivity contribution in [2.24, 2.45) is 18.9 Å². The zero-order chi connectivity index (χ0) is 46.7. The first-order valence-electron chi connectivity index (χ1n) is 24.0. The summed E-state index contributed by atoms with van der Waals surface area (Å²) in [7, 11) is 1.66. The van der Waals surface area contributed by atoms with Gasteiger partial charge in [-0.15, -0.1) is 0 Å². The molecule has 5 aliphatic heterocycles. The number of hydrogen-bond acceptors (Lipinski definition) is 11. The number of amides is 5. The van der Waals surface area contributed by atoms with Crippen LogP contribution in [0.3, 0.4) is 0 Å². The van der Waals surface area contributed by atoms with Crippen LogP contribution in [0.1, 0.15) is 89.3 Å². The van der Waals surface area contributed by atoms with Crippen molar-refractivity contribution >= 4 is 46.7 Å². The number of oxazole rings is 1. The van der Waals surface area contributed by atoms with E-state index < -0.39 is 18.0 Å². The highest BCUT2D eigenvalue weighted by Gasteiger charge is 2.35. The maximum absolute atomic E-state index is 13.8. The zero-order valence-corrected chi connectivity index (χ0v) is 39.3. The number of likely N-dealkylation sites (tertiary alicyclic amines) is 3. The summed E-state index contributed by atoms with van der Waals surface area (Å²) in [6, 6.07) is 11.4. The number of carbonyl (C=O) groups is 5. The minimum Gasteiger partial charge on any atom is -0.464 e. The van der Waals surface area contributed by atoms with Crippen molar-refractivity contribution in [1.82, 2.24) is 29.1 Å². The van der Waals surface area contributed by atoms with Gasteiger partial charge in [0.15, 0.2) is 11.7 Å². The Morgan fingerprint density at radius 2 is 1.45 bits per heavy atom. The molecule has 0 unspecified atom stereocenters. The number of aromatic nitrogens is 1. The summed E-state index contributed by atoms with van der Waals surface area (Å²) < 4.78 is 23.3. The van der Waals surface area contributed by atoms with Gasteiger partial charge in [-0.1, -0.05) is 45.5 Å². The molecule has 0 saturated carbocycles. The minimum atomic E-state index is -1.00. The molecule has 6 heterocycles. The van der Waals surface area contributed by atoms with Gasteiger partial charge in [0.05, 0.1) is 25.2 Å². The van der Waals surface area contributed by atoms with Crippen LogP contribution in [0.25, 0.3) is 11.1 Å². The number of anilines is 1. The van der Waals surface area contributed by atoms with Crippen molar-refractivity contribution < 1.29 is 42.6 Å². The lowest BCUT2D eigenvalue weighted by Gasteiger charge is -2.38. The smallest absolute Gasteiger partial charge is 0.419 e. The van der Waals surface area contributed by atoms with E-state index in [1.54, 1.807) is 22.9 Å². The third-order valence-corrected chi connectivity index (χ3v) is 13.9. The molecule has 0 spiro atoms. The molecule has 17 heteroatoms. The largest absolute Gasteiger partial charge is 0.464 e. The normalized spacial score (nSPS) is 19.3. The van der Waals surface area contributed by atoms with Crippen LogP contribution in [-0.2, 0) is 48.5 Å². The van der Waals surface area contributed by atoms with Gasteiger partial charge in [0.25, 0.3) is 5.91 Å². The molecule has 0 aliphatic carbocycles. The predicted octanol–water partition coefficient (Wildman–Crippen LogP) is 5.84. The molecular formula is C50H73N7O10. The second-order valence-corrected chi connectivity index (χ2v) is 18.8. The number of ether oxygens (including phenoxy) is 3. The highest BCUT2D eigenvalue weighted by atomic mass is 16.6. The number of urea groups is 1. The van der Waals surface area contributed by atoms with E-state index in [0.717, 1.165) is 100 Å².